The molecule has 118 valence electrons. The first-order valence-electron chi connectivity index (χ1n) is 6.31. The fourth-order valence-electron chi connectivity index (χ4n) is 2.02. The third-order valence-electron chi connectivity index (χ3n) is 2.94. The maximum Gasteiger partial charge on any atom is 0.269 e. The highest BCUT2D eigenvalue weighted by atomic mass is 32.2. The van der Waals surface area contributed by atoms with Crippen molar-refractivity contribution in [3.05, 3.63) is 39.9 Å². The van der Waals surface area contributed by atoms with Crippen molar-refractivity contribution in [3.63, 3.8) is 0 Å². The normalized spacial score (nSPS) is 14.9. The maximum atomic E-state index is 11.4. The fraction of sp³-hybridized carbons (Fsp3) is 0.538. The molecule has 0 bridgehead atoms. The van der Waals surface area contributed by atoms with Gasteiger partial charge in [-0.05, 0) is 23.6 Å². The molecule has 8 heteroatoms. The molecule has 1 aromatic carbocycles. The van der Waals surface area contributed by atoms with Crippen molar-refractivity contribution in [1.82, 2.24) is 0 Å². The molecule has 0 aliphatic carbocycles. The summed E-state index contributed by atoms with van der Waals surface area (Å²) in [7, 11) is -2.23. The number of nitro groups is 1. The summed E-state index contributed by atoms with van der Waals surface area (Å²) in [6, 6.07) is 5.56. The van der Waals surface area contributed by atoms with Gasteiger partial charge in [-0.3, -0.25) is 14.3 Å². The fourth-order valence-corrected chi connectivity index (χ4v) is 2.62. The lowest BCUT2D eigenvalue weighted by atomic mass is 9.96. The maximum absolute atomic E-state index is 11.4. The summed E-state index contributed by atoms with van der Waals surface area (Å²) in [6.07, 6.45) is -0.398. The van der Waals surface area contributed by atoms with E-state index in [1.807, 2.05) is 13.8 Å². The number of ether oxygens (including phenoxy) is 1. The van der Waals surface area contributed by atoms with Crippen LogP contribution in [-0.2, 0) is 19.0 Å². The van der Waals surface area contributed by atoms with E-state index in [1.54, 1.807) is 0 Å². The second-order valence-corrected chi connectivity index (χ2v) is 6.61. The van der Waals surface area contributed by atoms with Crippen molar-refractivity contribution in [1.29, 1.82) is 0 Å². The van der Waals surface area contributed by atoms with E-state index in [4.69, 9.17) is 8.92 Å². The number of hydrogen-bond donors (Lipinski definition) is 0. The van der Waals surface area contributed by atoms with Crippen molar-refractivity contribution < 1.29 is 22.3 Å². The molecule has 0 fully saturated rings. The Balaban J connectivity index is 3.19. The predicted molar refractivity (Wildman–Crippen MR) is 77.4 cm³/mol. The van der Waals surface area contributed by atoms with Gasteiger partial charge in [0.25, 0.3) is 15.8 Å². The van der Waals surface area contributed by atoms with Crippen molar-refractivity contribution in [3.8, 4) is 0 Å². The van der Waals surface area contributed by atoms with E-state index in [0.29, 0.717) is 5.56 Å². The molecule has 2 atom stereocenters. The van der Waals surface area contributed by atoms with Crippen LogP contribution in [0.5, 0.6) is 0 Å². The van der Waals surface area contributed by atoms with E-state index in [9.17, 15) is 18.5 Å². The van der Waals surface area contributed by atoms with Gasteiger partial charge in [-0.1, -0.05) is 13.8 Å². The molecule has 21 heavy (non-hydrogen) atoms. The minimum absolute atomic E-state index is 0.00283. The van der Waals surface area contributed by atoms with E-state index in [-0.39, 0.29) is 11.6 Å². The van der Waals surface area contributed by atoms with Gasteiger partial charge in [-0.2, -0.15) is 8.42 Å². The molecule has 2 unspecified atom stereocenters. The van der Waals surface area contributed by atoms with Crippen LogP contribution in [0.15, 0.2) is 24.3 Å². The monoisotopic (exact) mass is 317 g/mol. The number of non-ortho nitro benzene ring substituents is 1. The second kappa shape index (κ2) is 6.97. The van der Waals surface area contributed by atoms with Gasteiger partial charge >= 0.3 is 0 Å². The molecule has 0 aliphatic rings. The lowest BCUT2D eigenvalue weighted by molar-refractivity contribution is -0.384. The highest BCUT2D eigenvalue weighted by molar-refractivity contribution is 7.86. The Morgan fingerprint density at radius 1 is 1.19 bits per heavy atom. The zero-order chi connectivity index (χ0) is 16.2. The minimum Gasteiger partial charge on any atom is -0.378 e. The molecule has 0 radical (unpaired) electrons. The summed E-state index contributed by atoms with van der Waals surface area (Å²) in [5.41, 5.74) is 0.432. The molecule has 0 saturated heterocycles. The lowest BCUT2D eigenvalue weighted by Gasteiger charge is -2.28. The van der Waals surface area contributed by atoms with Gasteiger partial charge < -0.3 is 4.74 Å². The minimum atomic E-state index is -3.70. The average Bonchev–Trinajstić information content (AvgIpc) is 2.36. The number of benzene rings is 1. The predicted octanol–water partition coefficient (Wildman–Crippen LogP) is 2.28. The van der Waals surface area contributed by atoms with E-state index < -0.39 is 27.2 Å². The summed E-state index contributed by atoms with van der Waals surface area (Å²) in [6.45, 7) is 3.75. The van der Waals surface area contributed by atoms with Crippen LogP contribution in [0.2, 0.25) is 0 Å². The highest BCUT2D eigenvalue weighted by Crippen LogP contribution is 2.30. The first kappa shape index (κ1) is 17.5. The zero-order valence-corrected chi connectivity index (χ0v) is 13.2. The van der Waals surface area contributed by atoms with E-state index >= 15 is 0 Å². The van der Waals surface area contributed by atoms with Crippen molar-refractivity contribution in [2.24, 2.45) is 5.92 Å². The Kier molecular flexibility index (Phi) is 5.82. The molecule has 1 aromatic rings. The summed E-state index contributed by atoms with van der Waals surface area (Å²) in [4.78, 5) is 10.1. The molecule has 0 N–H and O–H groups in total. The standard InChI is InChI=1S/C13H19NO6S/c1-9(2)12(19-3)13(20-21(4,17)18)10-5-7-11(8-6-10)14(15)16/h5-9,12-13H,1-4H3. The van der Waals surface area contributed by atoms with Gasteiger partial charge in [0.15, 0.2) is 0 Å². The van der Waals surface area contributed by atoms with Gasteiger partial charge in [-0.15, -0.1) is 0 Å². The van der Waals surface area contributed by atoms with Gasteiger partial charge in [0.1, 0.15) is 6.10 Å². The largest absolute Gasteiger partial charge is 0.378 e. The summed E-state index contributed by atoms with van der Waals surface area (Å²) in [5.74, 6) is -0.00283. The molecule has 1 rings (SSSR count). The van der Waals surface area contributed by atoms with Crippen LogP contribution in [0.1, 0.15) is 25.5 Å². The molecule has 0 spiro atoms. The second-order valence-electron chi connectivity index (χ2n) is 5.01. The van der Waals surface area contributed by atoms with E-state index in [0.717, 1.165) is 6.26 Å². The zero-order valence-electron chi connectivity index (χ0n) is 12.3. The Hall–Kier alpha value is -1.51. The van der Waals surface area contributed by atoms with Crippen molar-refractivity contribution in [2.75, 3.05) is 13.4 Å². The number of rotatable bonds is 7. The molecule has 0 heterocycles. The Bertz CT molecular complexity index is 581. The number of methoxy groups -OCH3 is 1. The van der Waals surface area contributed by atoms with Gasteiger partial charge in [-0.25, -0.2) is 0 Å². The smallest absolute Gasteiger partial charge is 0.269 e. The topological polar surface area (TPSA) is 95.7 Å². The van der Waals surface area contributed by atoms with Gasteiger partial charge in [0.05, 0.1) is 17.3 Å². The van der Waals surface area contributed by atoms with E-state index in [2.05, 4.69) is 0 Å². The molecular weight excluding hydrogens is 298 g/mol. The average molecular weight is 317 g/mol. The van der Waals surface area contributed by atoms with Crippen LogP contribution in [0.3, 0.4) is 0 Å². The third kappa shape index (κ3) is 5.07. The Morgan fingerprint density at radius 3 is 2.05 bits per heavy atom. The first-order chi connectivity index (χ1) is 9.65. The molecule has 0 aliphatic heterocycles. The van der Waals surface area contributed by atoms with Crippen LogP contribution in [0.4, 0.5) is 5.69 Å². The Morgan fingerprint density at radius 2 is 1.71 bits per heavy atom. The number of nitrogens with zero attached hydrogens (tertiary/aromatic N) is 1. The summed E-state index contributed by atoms with van der Waals surface area (Å²) in [5, 5.41) is 10.7. The van der Waals surface area contributed by atoms with E-state index in [1.165, 1.54) is 31.4 Å². The van der Waals surface area contributed by atoms with Crippen LogP contribution in [0.25, 0.3) is 0 Å². The first-order valence-corrected chi connectivity index (χ1v) is 8.12. The lowest BCUT2D eigenvalue weighted by Crippen LogP contribution is -2.30. The van der Waals surface area contributed by atoms with Crippen molar-refractivity contribution in [2.45, 2.75) is 26.1 Å². The van der Waals surface area contributed by atoms with Crippen LogP contribution >= 0.6 is 0 Å². The van der Waals surface area contributed by atoms with Crippen LogP contribution in [0, 0.1) is 16.0 Å². The SMILES string of the molecule is COC(C(C)C)C(OS(C)(=O)=O)c1ccc([N+](=O)[O-])cc1. The summed E-state index contributed by atoms with van der Waals surface area (Å²) >= 11 is 0. The Labute approximate surface area is 124 Å². The molecule has 0 amide bonds. The molecule has 0 saturated carbocycles. The third-order valence-corrected chi connectivity index (χ3v) is 3.50. The molecule has 0 aromatic heterocycles. The van der Waals surface area contributed by atoms with Crippen LogP contribution in [-0.4, -0.2) is 32.8 Å². The summed E-state index contributed by atoms with van der Waals surface area (Å²) < 4.78 is 33.3. The number of hydrogen-bond acceptors (Lipinski definition) is 6. The van der Waals surface area contributed by atoms with Crippen molar-refractivity contribution >= 4 is 15.8 Å². The molecular formula is C13H19NO6S. The molecule has 7 nitrogen and oxygen atoms in total. The van der Waals surface area contributed by atoms with Gasteiger partial charge in [0, 0.05) is 19.2 Å². The quantitative estimate of drug-likeness (QED) is 0.435. The highest BCUT2D eigenvalue weighted by Gasteiger charge is 2.30. The number of nitro benzene ring substituents is 1. The van der Waals surface area contributed by atoms with Gasteiger partial charge in [0.2, 0.25) is 0 Å². The van der Waals surface area contributed by atoms with Crippen LogP contribution < -0.4 is 0 Å².